The fourth-order valence-corrected chi connectivity index (χ4v) is 5.93. The molecular formula is C25H36INO4. The number of benzene rings is 1. The van der Waals surface area contributed by atoms with Crippen LogP contribution in [0.2, 0.25) is 0 Å². The van der Waals surface area contributed by atoms with Gasteiger partial charge in [0.25, 0.3) is 0 Å². The molecular weight excluding hydrogens is 505 g/mol. The van der Waals surface area contributed by atoms with Gasteiger partial charge in [0.2, 0.25) is 5.91 Å². The highest BCUT2D eigenvalue weighted by molar-refractivity contribution is 14.1. The molecule has 31 heavy (non-hydrogen) atoms. The second-order valence-corrected chi connectivity index (χ2v) is 10.9. The lowest BCUT2D eigenvalue weighted by Crippen LogP contribution is -2.45. The maximum absolute atomic E-state index is 13.2. The van der Waals surface area contributed by atoms with Crippen LogP contribution < -0.4 is 0 Å². The predicted octanol–water partition coefficient (Wildman–Crippen LogP) is 5.54. The molecule has 5 nitrogen and oxygen atoms in total. The zero-order valence-electron chi connectivity index (χ0n) is 19.8. The number of rotatable bonds is 5. The molecule has 1 saturated carbocycles. The fourth-order valence-electron chi connectivity index (χ4n) is 4.91. The molecule has 0 radical (unpaired) electrons. The number of amides is 1. The van der Waals surface area contributed by atoms with Gasteiger partial charge in [0.1, 0.15) is 0 Å². The molecule has 0 unspecified atom stereocenters. The second kappa shape index (κ2) is 9.77. The van der Waals surface area contributed by atoms with Crippen molar-refractivity contribution >= 4 is 34.5 Å². The zero-order valence-corrected chi connectivity index (χ0v) is 21.9. The zero-order chi connectivity index (χ0) is 22.9. The van der Waals surface area contributed by atoms with E-state index in [1.807, 2.05) is 27.7 Å². The van der Waals surface area contributed by atoms with Crippen LogP contribution in [0.5, 0.6) is 0 Å². The summed E-state index contributed by atoms with van der Waals surface area (Å²) in [6, 6.07) is 0.364. The molecule has 0 saturated heterocycles. The van der Waals surface area contributed by atoms with Gasteiger partial charge in [0.15, 0.2) is 6.10 Å². The summed E-state index contributed by atoms with van der Waals surface area (Å²) in [6.07, 6.45) is 5.51. The molecule has 1 aromatic rings. The summed E-state index contributed by atoms with van der Waals surface area (Å²) in [5.74, 6) is -0.165. The van der Waals surface area contributed by atoms with Crippen molar-refractivity contribution in [1.82, 2.24) is 4.90 Å². The molecule has 1 aromatic carbocycles. The lowest BCUT2D eigenvalue weighted by molar-refractivity contribution is -0.167. The average Bonchev–Trinajstić information content (AvgIpc) is 2.71. The molecule has 0 aromatic heterocycles. The van der Waals surface area contributed by atoms with Crippen molar-refractivity contribution in [3.63, 3.8) is 0 Å². The highest BCUT2D eigenvalue weighted by atomic mass is 127. The first-order chi connectivity index (χ1) is 14.5. The number of esters is 1. The summed E-state index contributed by atoms with van der Waals surface area (Å²) in [4.78, 5) is 28.2. The van der Waals surface area contributed by atoms with Crippen molar-refractivity contribution in [1.29, 1.82) is 0 Å². The molecule has 6 heteroatoms. The molecule has 1 atom stereocenters. The summed E-state index contributed by atoms with van der Waals surface area (Å²) < 4.78 is 12.6. The van der Waals surface area contributed by atoms with Crippen molar-refractivity contribution in [2.75, 3.05) is 6.61 Å². The van der Waals surface area contributed by atoms with E-state index >= 15 is 0 Å². The molecule has 1 heterocycles. The third-order valence-electron chi connectivity index (χ3n) is 6.47. The van der Waals surface area contributed by atoms with Crippen molar-refractivity contribution in [2.45, 2.75) is 104 Å². The van der Waals surface area contributed by atoms with E-state index < -0.39 is 11.7 Å². The van der Waals surface area contributed by atoms with Gasteiger partial charge in [-0.1, -0.05) is 19.3 Å². The third kappa shape index (κ3) is 5.27. The van der Waals surface area contributed by atoms with Gasteiger partial charge in [-0.15, -0.1) is 0 Å². The first kappa shape index (κ1) is 24.5. The van der Waals surface area contributed by atoms with Gasteiger partial charge in [-0.3, -0.25) is 4.79 Å². The number of halogens is 1. The Labute approximate surface area is 200 Å². The molecule has 172 valence electrons. The van der Waals surface area contributed by atoms with Gasteiger partial charge >= 0.3 is 5.97 Å². The van der Waals surface area contributed by atoms with Crippen LogP contribution in [-0.4, -0.2) is 35.0 Å². The van der Waals surface area contributed by atoms with E-state index in [9.17, 15) is 9.59 Å². The molecule has 2 aliphatic rings. The Morgan fingerprint density at radius 2 is 1.77 bits per heavy atom. The van der Waals surface area contributed by atoms with Crippen molar-refractivity contribution < 1.29 is 19.1 Å². The van der Waals surface area contributed by atoms with E-state index in [-0.39, 0.29) is 11.9 Å². The van der Waals surface area contributed by atoms with Crippen molar-refractivity contribution in [3.05, 3.63) is 31.4 Å². The van der Waals surface area contributed by atoms with E-state index in [1.54, 1.807) is 6.92 Å². The van der Waals surface area contributed by atoms with Crippen LogP contribution in [0.3, 0.4) is 0 Å². The number of hydrogen-bond donors (Lipinski definition) is 0. The standard InChI is InChI=1S/C25H36INO4/c1-7-30-24(29)23(31-25(4,5)6)21-15(2)18-13-20(28)27(17-11-9-8-10-12-17)14-19(18)16(3)22(21)26/h17,23H,7-14H2,1-6H3/t23-/m0/s1. The lowest BCUT2D eigenvalue weighted by Gasteiger charge is -2.39. The van der Waals surface area contributed by atoms with Crippen molar-refractivity contribution in [2.24, 2.45) is 0 Å². The number of carbonyl (C=O) groups is 2. The molecule has 1 aliphatic heterocycles. The minimum Gasteiger partial charge on any atom is -0.464 e. The summed E-state index contributed by atoms with van der Waals surface area (Å²) in [7, 11) is 0. The fraction of sp³-hybridized carbons (Fsp3) is 0.680. The van der Waals surface area contributed by atoms with Gasteiger partial charge < -0.3 is 14.4 Å². The molecule has 1 fully saturated rings. The Hall–Kier alpha value is -1.15. The SMILES string of the molecule is CCOC(=O)[C@@H](OC(C)(C)C)c1c(C)c2c(c(C)c1I)CN(C1CCCCC1)C(=O)C2. The molecule has 0 spiro atoms. The summed E-state index contributed by atoms with van der Waals surface area (Å²) in [5.41, 5.74) is 4.79. The van der Waals surface area contributed by atoms with E-state index in [0.717, 1.165) is 38.7 Å². The monoisotopic (exact) mass is 541 g/mol. The van der Waals surface area contributed by atoms with Crippen LogP contribution in [-0.2, 0) is 32.0 Å². The quantitative estimate of drug-likeness (QED) is 0.363. The summed E-state index contributed by atoms with van der Waals surface area (Å²) in [6.45, 7) is 12.7. The maximum atomic E-state index is 13.2. The van der Waals surface area contributed by atoms with Crippen LogP contribution in [0.4, 0.5) is 0 Å². The number of fused-ring (bicyclic) bond motifs is 1. The van der Waals surface area contributed by atoms with Gasteiger partial charge in [-0.05, 0) is 99.2 Å². The molecule has 0 bridgehead atoms. The van der Waals surface area contributed by atoms with Crippen LogP contribution in [0, 0.1) is 17.4 Å². The Morgan fingerprint density at radius 3 is 2.35 bits per heavy atom. The normalized spacial score (nSPS) is 18.7. The topological polar surface area (TPSA) is 55.8 Å². The number of nitrogens with zero attached hydrogens (tertiary/aromatic N) is 1. The van der Waals surface area contributed by atoms with Crippen molar-refractivity contribution in [3.8, 4) is 0 Å². The molecule has 1 amide bonds. The number of hydrogen-bond acceptors (Lipinski definition) is 4. The molecule has 3 rings (SSSR count). The van der Waals surface area contributed by atoms with Crippen LogP contribution in [0.1, 0.15) is 93.7 Å². The molecule has 0 N–H and O–H groups in total. The largest absolute Gasteiger partial charge is 0.464 e. The third-order valence-corrected chi connectivity index (χ3v) is 7.86. The Kier molecular flexibility index (Phi) is 7.72. The average molecular weight is 541 g/mol. The highest BCUT2D eigenvalue weighted by Crippen LogP contribution is 2.40. The van der Waals surface area contributed by atoms with Gasteiger partial charge in [0.05, 0.1) is 18.6 Å². The Balaban J connectivity index is 2.05. The summed E-state index contributed by atoms with van der Waals surface area (Å²) in [5, 5.41) is 0. The van der Waals surface area contributed by atoms with Gasteiger partial charge in [-0.2, -0.15) is 0 Å². The second-order valence-electron chi connectivity index (χ2n) is 9.79. The predicted molar refractivity (Wildman–Crippen MR) is 130 cm³/mol. The smallest absolute Gasteiger partial charge is 0.340 e. The minimum absolute atomic E-state index is 0.207. The summed E-state index contributed by atoms with van der Waals surface area (Å²) >= 11 is 2.34. The number of ether oxygens (including phenoxy) is 2. The molecule has 1 aliphatic carbocycles. The lowest BCUT2D eigenvalue weighted by atomic mass is 9.84. The van der Waals surface area contributed by atoms with Gasteiger partial charge in [0, 0.05) is 21.7 Å². The van der Waals surface area contributed by atoms with E-state index in [4.69, 9.17) is 9.47 Å². The van der Waals surface area contributed by atoms with Crippen LogP contribution in [0.15, 0.2) is 0 Å². The van der Waals surface area contributed by atoms with Gasteiger partial charge in [-0.25, -0.2) is 4.79 Å². The number of carbonyl (C=O) groups excluding carboxylic acids is 2. The van der Waals surface area contributed by atoms with E-state index in [0.29, 0.717) is 25.6 Å². The highest BCUT2D eigenvalue weighted by Gasteiger charge is 2.37. The maximum Gasteiger partial charge on any atom is 0.340 e. The minimum atomic E-state index is -0.803. The van der Waals surface area contributed by atoms with E-state index in [2.05, 4.69) is 34.4 Å². The van der Waals surface area contributed by atoms with E-state index in [1.165, 1.54) is 24.8 Å². The first-order valence-corrected chi connectivity index (χ1v) is 12.6. The van der Waals surface area contributed by atoms with Crippen LogP contribution >= 0.6 is 22.6 Å². The van der Waals surface area contributed by atoms with Crippen LogP contribution in [0.25, 0.3) is 0 Å². The Bertz CT molecular complexity index is 852. The Morgan fingerprint density at radius 1 is 1.13 bits per heavy atom. The first-order valence-electron chi connectivity index (χ1n) is 11.5.